The summed E-state index contributed by atoms with van der Waals surface area (Å²) in [7, 11) is 0. The van der Waals surface area contributed by atoms with E-state index in [1.807, 2.05) is 0 Å². The highest BCUT2D eigenvalue weighted by Gasteiger charge is 2.29. The second-order valence-corrected chi connectivity index (χ2v) is 11.7. The van der Waals surface area contributed by atoms with Crippen LogP contribution >= 0.6 is 0 Å². The van der Waals surface area contributed by atoms with Crippen LogP contribution in [0.4, 0.5) is 11.4 Å². The van der Waals surface area contributed by atoms with Gasteiger partial charge in [-0.2, -0.15) is 0 Å². The molecular weight excluding hydrogens is 732 g/mol. The van der Waals surface area contributed by atoms with Crippen molar-refractivity contribution >= 4 is 53.1 Å². The van der Waals surface area contributed by atoms with Gasteiger partial charge in [0, 0.05) is 28.1 Å². The van der Waals surface area contributed by atoms with Crippen molar-refractivity contribution in [1.82, 2.24) is 0 Å². The maximum atomic E-state index is 13.8. The number of amides is 1. The van der Waals surface area contributed by atoms with Gasteiger partial charge in [0.25, 0.3) is 5.91 Å². The van der Waals surface area contributed by atoms with Crippen molar-refractivity contribution in [3.63, 3.8) is 0 Å². The minimum Gasteiger partial charge on any atom is -0.459 e. The van der Waals surface area contributed by atoms with Crippen LogP contribution in [-0.4, -0.2) is 81.4 Å². The van der Waals surface area contributed by atoms with Gasteiger partial charge in [0.2, 0.25) is 0 Å². The fraction of sp³-hybridized carbons (Fsp3) is 0.225. The predicted octanol–water partition coefficient (Wildman–Crippen LogP) is 5.14. The standard InChI is InChI=1S/C40H40N2O14/c1-23(2)35(44)50-15-18-53-38(47)31-22-33(40(49)55-20-17-52-37(46)25(5)6)32(39(48)54-19-16-51-36(45)24(3)4)21-30(31)34(43)42-27-9-13-29(14-10-27)56-28-11-7-26(41)8-12-28/h7-14,21-22H,1,3,5,15-20,41H2,2,4,6H3,(H,42,43). The Morgan fingerprint density at radius 3 is 1.20 bits per heavy atom. The summed E-state index contributed by atoms with van der Waals surface area (Å²) in [5.74, 6) is -5.70. The smallest absolute Gasteiger partial charge is 0.339 e. The van der Waals surface area contributed by atoms with Crippen LogP contribution < -0.4 is 15.8 Å². The lowest BCUT2D eigenvalue weighted by Crippen LogP contribution is -2.24. The van der Waals surface area contributed by atoms with Crippen LogP contribution in [0.5, 0.6) is 11.5 Å². The Labute approximate surface area is 321 Å². The number of ether oxygens (including phenoxy) is 7. The largest absolute Gasteiger partial charge is 0.459 e. The number of nitrogens with two attached hydrogens (primary N) is 1. The van der Waals surface area contributed by atoms with Crippen molar-refractivity contribution < 1.29 is 66.7 Å². The topological polar surface area (TPSA) is 222 Å². The van der Waals surface area contributed by atoms with Gasteiger partial charge in [0.15, 0.2) is 0 Å². The Bertz CT molecular complexity index is 2020. The van der Waals surface area contributed by atoms with Gasteiger partial charge in [-0.15, -0.1) is 0 Å². The molecule has 0 aliphatic rings. The van der Waals surface area contributed by atoms with E-state index < -0.39 is 83.8 Å². The van der Waals surface area contributed by atoms with Gasteiger partial charge < -0.3 is 44.2 Å². The number of esters is 6. The molecule has 1 amide bonds. The third-order valence-electron chi connectivity index (χ3n) is 6.98. The molecule has 0 unspecified atom stereocenters. The fourth-order valence-electron chi connectivity index (χ4n) is 4.18. The third kappa shape index (κ3) is 13.3. The molecule has 16 heteroatoms. The molecule has 0 radical (unpaired) electrons. The molecule has 0 bridgehead atoms. The zero-order valence-corrected chi connectivity index (χ0v) is 30.9. The molecule has 3 N–H and O–H groups in total. The highest BCUT2D eigenvalue weighted by molar-refractivity contribution is 6.14. The van der Waals surface area contributed by atoms with Crippen LogP contribution in [0.2, 0.25) is 0 Å². The monoisotopic (exact) mass is 772 g/mol. The lowest BCUT2D eigenvalue weighted by Gasteiger charge is -2.16. The Hall–Kier alpha value is -7.23. The average molecular weight is 773 g/mol. The molecule has 0 heterocycles. The van der Waals surface area contributed by atoms with E-state index in [1.165, 1.54) is 32.9 Å². The number of carbonyl (C=O) groups is 7. The molecule has 0 aliphatic heterocycles. The number of nitrogens with one attached hydrogen (secondary N) is 1. The first-order valence-electron chi connectivity index (χ1n) is 16.7. The summed E-state index contributed by atoms with van der Waals surface area (Å²) in [5, 5.41) is 2.61. The maximum absolute atomic E-state index is 13.8. The first-order chi connectivity index (χ1) is 26.6. The zero-order chi connectivity index (χ0) is 41.4. The van der Waals surface area contributed by atoms with Crippen LogP contribution in [0.25, 0.3) is 0 Å². The Morgan fingerprint density at radius 1 is 0.500 bits per heavy atom. The number of anilines is 2. The summed E-state index contributed by atoms with van der Waals surface area (Å²) >= 11 is 0. The van der Waals surface area contributed by atoms with Crippen LogP contribution in [-0.2, 0) is 42.8 Å². The van der Waals surface area contributed by atoms with Gasteiger partial charge in [0.1, 0.15) is 51.1 Å². The van der Waals surface area contributed by atoms with E-state index in [1.54, 1.807) is 36.4 Å². The van der Waals surface area contributed by atoms with E-state index in [-0.39, 0.29) is 42.2 Å². The van der Waals surface area contributed by atoms with Gasteiger partial charge in [-0.1, -0.05) is 19.7 Å². The Kier molecular flexibility index (Phi) is 16.1. The second kappa shape index (κ2) is 20.9. The van der Waals surface area contributed by atoms with Crippen molar-refractivity contribution in [3.8, 4) is 11.5 Å². The van der Waals surface area contributed by atoms with Crippen LogP contribution in [0, 0.1) is 0 Å². The number of hydrogen-bond donors (Lipinski definition) is 2. The first-order valence-corrected chi connectivity index (χ1v) is 16.7. The summed E-state index contributed by atoms with van der Waals surface area (Å²) in [6, 6.07) is 14.6. The lowest BCUT2D eigenvalue weighted by atomic mass is 9.97. The average Bonchev–Trinajstić information content (AvgIpc) is 3.17. The molecule has 0 saturated heterocycles. The maximum Gasteiger partial charge on any atom is 0.339 e. The Balaban J connectivity index is 1.97. The molecule has 3 aromatic rings. The molecule has 0 saturated carbocycles. The van der Waals surface area contributed by atoms with Gasteiger partial charge in [-0.25, -0.2) is 28.8 Å². The molecule has 16 nitrogen and oxygen atoms in total. The molecular formula is C40H40N2O14. The number of rotatable bonds is 19. The van der Waals surface area contributed by atoms with Gasteiger partial charge in [-0.05, 0) is 81.4 Å². The third-order valence-corrected chi connectivity index (χ3v) is 6.98. The van der Waals surface area contributed by atoms with Gasteiger partial charge in [0.05, 0.1) is 22.3 Å². The normalized spacial score (nSPS) is 10.2. The van der Waals surface area contributed by atoms with Crippen molar-refractivity contribution in [1.29, 1.82) is 0 Å². The molecule has 56 heavy (non-hydrogen) atoms. The van der Waals surface area contributed by atoms with Crippen molar-refractivity contribution in [2.24, 2.45) is 0 Å². The van der Waals surface area contributed by atoms with Crippen LogP contribution in [0.1, 0.15) is 62.2 Å². The summed E-state index contributed by atoms with van der Waals surface area (Å²) in [5.41, 5.74) is 4.82. The van der Waals surface area contributed by atoms with Crippen molar-refractivity contribution in [2.45, 2.75) is 20.8 Å². The molecule has 0 spiro atoms. The molecule has 294 valence electrons. The van der Waals surface area contributed by atoms with Gasteiger partial charge in [-0.3, -0.25) is 4.79 Å². The molecule has 0 aliphatic carbocycles. The fourth-order valence-corrected chi connectivity index (χ4v) is 4.18. The molecule has 0 atom stereocenters. The van der Waals surface area contributed by atoms with Crippen molar-refractivity contribution in [2.75, 3.05) is 50.7 Å². The Morgan fingerprint density at radius 2 is 0.821 bits per heavy atom. The minimum atomic E-state index is -1.18. The highest BCUT2D eigenvalue weighted by Crippen LogP contribution is 2.26. The highest BCUT2D eigenvalue weighted by atomic mass is 16.6. The predicted molar refractivity (Wildman–Crippen MR) is 200 cm³/mol. The van der Waals surface area contributed by atoms with E-state index in [0.29, 0.717) is 17.2 Å². The van der Waals surface area contributed by atoms with E-state index in [9.17, 15) is 33.6 Å². The van der Waals surface area contributed by atoms with Gasteiger partial charge >= 0.3 is 35.8 Å². The number of carbonyl (C=O) groups excluding carboxylic acids is 7. The number of hydrogen-bond acceptors (Lipinski definition) is 15. The zero-order valence-electron chi connectivity index (χ0n) is 30.9. The SMILES string of the molecule is C=C(C)C(=O)OCCOC(=O)c1cc(C(=O)OCCOC(=O)C(=C)C)c(C(=O)OCCOC(=O)C(=C)C)cc1C(=O)Nc1ccc(Oc2ccc(N)cc2)cc1. The summed E-state index contributed by atoms with van der Waals surface area (Å²) in [4.78, 5) is 89.3. The van der Waals surface area contributed by atoms with Crippen LogP contribution in [0.15, 0.2) is 97.1 Å². The van der Waals surface area contributed by atoms with E-state index in [0.717, 1.165) is 12.1 Å². The molecule has 3 rings (SSSR count). The van der Waals surface area contributed by atoms with Crippen LogP contribution in [0.3, 0.4) is 0 Å². The lowest BCUT2D eigenvalue weighted by molar-refractivity contribution is -0.140. The van der Waals surface area contributed by atoms with E-state index >= 15 is 0 Å². The summed E-state index contributed by atoms with van der Waals surface area (Å²) in [6.45, 7) is 12.1. The second-order valence-electron chi connectivity index (χ2n) is 11.7. The first kappa shape index (κ1) is 43.2. The van der Waals surface area contributed by atoms with E-state index in [4.69, 9.17) is 38.9 Å². The summed E-state index contributed by atoms with van der Waals surface area (Å²) in [6.07, 6.45) is 0. The number of nitrogen functional groups attached to an aromatic ring is 1. The minimum absolute atomic E-state index is 0.101. The molecule has 0 fully saturated rings. The number of benzene rings is 3. The van der Waals surface area contributed by atoms with Crippen molar-refractivity contribution in [3.05, 3.63) is 119 Å². The quantitative estimate of drug-likeness (QED) is 0.0529. The molecule has 3 aromatic carbocycles. The van der Waals surface area contributed by atoms with E-state index in [2.05, 4.69) is 25.1 Å². The summed E-state index contributed by atoms with van der Waals surface area (Å²) < 4.78 is 36.3. The molecule has 0 aromatic heterocycles.